The molecule has 0 fully saturated rings. The summed E-state index contributed by atoms with van der Waals surface area (Å²) in [6.07, 6.45) is 3.00. The summed E-state index contributed by atoms with van der Waals surface area (Å²) < 4.78 is 10.9. The van der Waals surface area contributed by atoms with Crippen LogP contribution in [0.2, 0.25) is 0 Å². The summed E-state index contributed by atoms with van der Waals surface area (Å²) in [6.45, 7) is 0. The number of furan rings is 2. The molecule has 0 aromatic carbocycles. The summed E-state index contributed by atoms with van der Waals surface area (Å²) >= 11 is 2.44. The van der Waals surface area contributed by atoms with E-state index in [-0.39, 0.29) is 5.95 Å². The van der Waals surface area contributed by atoms with E-state index in [2.05, 4.69) is 15.2 Å². The highest BCUT2D eigenvalue weighted by molar-refractivity contribution is 7.13. The lowest BCUT2D eigenvalue weighted by molar-refractivity contribution is 0.0899. The van der Waals surface area contributed by atoms with E-state index >= 15 is 0 Å². The van der Waals surface area contributed by atoms with Crippen molar-refractivity contribution in [2.75, 3.05) is 4.90 Å². The summed E-state index contributed by atoms with van der Waals surface area (Å²) in [5.74, 6) is -0.399. The molecule has 152 valence electrons. The van der Waals surface area contributed by atoms with Crippen LogP contribution < -0.4 is 4.90 Å². The molecule has 8 nitrogen and oxygen atoms in total. The van der Waals surface area contributed by atoms with Crippen molar-refractivity contribution >= 4 is 40.4 Å². The maximum absolute atomic E-state index is 13.2. The van der Waals surface area contributed by atoms with Gasteiger partial charge in [0.15, 0.2) is 17.2 Å². The number of carbonyl (C=O) groups excluding carboxylic acids is 2. The van der Waals surface area contributed by atoms with Gasteiger partial charge in [0.2, 0.25) is 0 Å². The van der Waals surface area contributed by atoms with E-state index in [1.54, 1.807) is 59.3 Å². The van der Waals surface area contributed by atoms with Gasteiger partial charge in [0.05, 0.1) is 22.3 Å². The third-order valence-corrected chi connectivity index (χ3v) is 5.97. The summed E-state index contributed by atoms with van der Waals surface area (Å²) in [5, 5.41) is 11.8. The number of nitrogens with zero attached hydrogens (tertiary/aromatic N) is 4. The first kappa shape index (κ1) is 19.1. The molecule has 5 aromatic rings. The van der Waals surface area contributed by atoms with E-state index in [4.69, 9.17) is 8.83 Å². The Hall–Kier alpha value is -3.89. The second kappa shape index (κ2) is 8.09. The Kier molecular flexibility index (Phi) is 4.98. The zero-order valence-corrected chi connectivity index (χ0v) is 17.3. The monoisotopic (exact) mass is 448 g/mol. The predicted molar refractivity (Wildman–Crippen MR) is 115 cm³/mol. The van der Waals surface area contributed by atoms with E-state index in [0.717, 1.165) is 4.90 Å². The van der Waals surface area contributed by atoms with Crippen molar-refractivity contribution in [2.45, 2.75) is 0 Å². The molecular weight excluding hydrogens is 436 g/mol. The SMILES string of the molecule is O=C(c1cccs1)N(C(=O)c1cccs1)c1nnc(-c2ccco2)c(-c2ccco2)n1. The molecule has 10 heteroatoms. The molecule has 0 saturated carbocycles. The van der Waals surface area contributed by atoms with Gasteiger partial charge in [-0.15, -0.1) is 32.9 Å². The minimum Gasteiger partial charge on any atom is -0.463 e. The Morgan fingerprint density at radius 3 is 1.81 bits per heavy atom. The van der Waals surface area contributed by atoms with E-state index in [1.807, 2.05) is 0 Å². The highest BCUT2D eigenvalue weighted by Crippen LogP contribution is 2.31. The third kappa shape index (κ3) is 3.58. The lowest BCUT2D eigenvalue weighted by Gasteiger charge is -2.18. The van der Waals surface area contributed by atoms with Crippen LogP contribution >= 0.6 is 22.7 Å². The Morgan fingerprint density at radius 2 is 1.32 bits per heavy atom. The number of hydrogen-bond donors (Lipinski definition) is 0. The van der Waals surface area contributed by atoms with Crippen molar-refractivity contribution < 1.29 is 18.4 Å². The number of anilines is 1. The fourth-order valence-electron chi connectivity index (χ4n) is 2.87. The van der Waals surface area contributed by atoms with Crippen LogP contribution in [0, 0.1) is 0 Å². The molecule has 0 saturated heterocycles. The van der Waals surface area contributed by atoms with Crippen LogP contribution in [0.25, 0.3) is 22.9 Å². The van der Waals surface area contributed by atoms with Gasteiger partial charge in [-0.25, -0.2) is 9.88 Å². The Bertz CT molecular complexity index is 1270. The molecule has 0 atom stereocenters. The van der Waals surface area contributed by atoms with Crippen LogP contribution in [0.15, 0.2) is 80.7 Å². The van der Waals surface area contributed by atoms with E-state index < -0.39 is 11.8 Å². The third-order valence-electron chi connectivity index (χ3n) is 4.25. The molecule has 0 aliphatic rings. The van der Waals surface area contributed by atoms with Gasteiger partial charge in [0, 0.05) is 0 Å². The predicted octanol–water partition coefficient (Wildman–Crippen LogP) is 5.00. The first-order valence-electron chi connectivity index (χ1n) is 9.00. The van der Waals surface area contributed by atoms with Crippen molar-refractivity contribution in [1.29, 1.82) is 0 Å². The molecule has 5 heterocycles. The number of imide groups is 1. The first-order valence-corrected chi connectivity index (χ1v) is 10.8. The van der Waals surface area contributed by atoms with Crippen molar-refractivity contribution in [3.05, 3.63) is 81.6 Å². The van der Waals surface area contributed by atoms with Crippen molar-refractivity contribution in [2.24, 2.45) is 0 Å². The Labute approximate surface area is 183 Å². The summed E-state index contributed by atoms with van der Waals surface area (Å²) in [4.78, 5) is 32.6. The van der Waals surface area contributed by atoms with Crippen LogP contribution in [-0.2, 0) is 0 Å². The highest BCUT2D eigenvalue weighted by Gasteiger charge is 2.31. The average Bonchev–Trinajstić information content (AvgIpc) is 3.62. The standard InChI is InChI=1S/C21H12N4O4S2/c26-19(15-7-3-11-30-15)25(20(27)16-8-4-12-31-16)21-22-17(13-5-1-9-28-13)18(23-24-21)14-6-2-10-29-14/h1-12H. The lowest BCUT2D eigenvalue weighted by atomic mass is 10.2. The van der Waals surface area contributed by atoms with Crippen LogP contribution in [0.4, 0.5) is 5.95 Å². The molecule has 31 heavy (non-hydrogen) atoms. The zero-order chi connectivity index (χ0) is 21.2. The number of thiophene rings is 2. The second-order valence-corrected chi connectivity index (χ2v) is 8.06. The molecule has 0 unspecified atom stereocenters. The number of rotatable bonds is 5. The lowest BCUT2D eigenvalue weighted by Crippen LogP contribution is -2.38. The second-order valence-electron chi connectivity index (χ2n) is 6.16. The summed E-state index contributed by atoms with van der Waals surface area (Å²) in [5.41, 5.74) is 0.628. The largest absolute Gasteiger partial charge is 0.463 e. The average molecular weight is 448 g/mol. The summed E-state index contributed by atoms with van der Waals surface area (Å²) in [6, 6.07) is 13.6. The molecule has 5 aromatic heterocycles. The van der Waals surface area contributed by atoms with Gasteiger partial charge < -0.3 is 8.83 Å². The smallest absolute Gasteiger partial charge is 0.277 e. The van der Waals surface area contributed by atoms with Crippen LogP contribution in [0.5, 0.6) is 0 Å². The number of hydrogen-bond acceptors (Lipinski definition) is 9. The Balaban J connectivity index is 1.66. The van der Waals surface area contributed by atoms with E-state index in [9.17, 15) is 9.59 Å². The quantitative estimate of drug-likeness (QED) is 0.349. The molecular formula is C21H12N4O4S2. The first-order chi connectivity index (χ1) is 15.2. The number of carbonyl (C=O) groups is 2. The Morgan fingerprint density at radius 1 is 0.742 bits per heavy atom. The van der Waals surface area contributed by atoms with Gasteiger partial charge in [-0.05, 0) is 47.2 Å². The molecule has 0 aliphatic heterocycles. The molecule has 0 bridgehead atoms. The molecule has 0 aliphatic carbocycles. The van der Waals surface area contributed by atoms with Crippen LogP contribution in [0.3, 0.4) is 0 Å². The minimum atomic E-state index is -0.536. The van der Waals surface area contributed by atoms with Gasteiger partial charge in [-0.1, -0.05) is 12.1 Å². The number of amides is 2. The zero-order valence-electron chi connectivity index (χ0n) is 15.7. The summed E-state index contributed by atoms with van der Waals surface area (Å²) in [7, 11) is 0. The van der Waals surface area contributed by atoms with Crippen molar-refractivity contribution in [3.8, 4) is 22.9 Å². The van der Waals surface area contributed by atoms with E-state index in [1.165, 1.54) is 35.2 Å². The fourth-order valence-corrected chi connectivity index (χ4v) is 4.18. The molecule has 0 spiro atoms. The normalized spacial score (nSPS) is 10.8. The topological polar surface area (TPSA) is 102 Å². The molecule has 0 N–H and O–H groups in total. The molecule has 5 rings (SSSR count). The number of aromatic nitrogens is 3. The molecule has 0 radical (unpaired) electrons. The molecule has 2 amide bonds. The van der Waals surface area contributed by atoms with Crippen LogP contribution in [-0.4, -0.2) is 27.0 Å². The van der Waals surface area contributed by atoms with Crippen LogP contribution in [0.1, 0.15) is 19.3 Å². The fraction of sp³-hybridized carbons (Fsp3) is 0. The minimum absolute atomic E-state index is 0.154. The van der Waals surface area contributed by atoms with Crippen molar-refractivity contribution in [3.63, 3.8) is 0 Å². The maximum atomic E-state index is 13.2. The van der Waals surface area contributed by atoms with Gasteiger partial charge in [-0.3, -0.25) is 9.59 Å². The highest BCUT2D eigenvalue weighted by atomic mass is 32.1. The maximum Gasteiger partial charge on any atom is 0.277 e. The van der Waals surface area contributed by atoms with Gasteiger partial charge in [0.1, 0.15) is 5.69 Å². The van der Waals surface area contributed by atoms with Gasteiger partial charge >= 0.3 is 0 Å². The van der Waals surface area contributed by atoms with Gasteiger partial charge in [-0.2, -0.15) is 0 Å². The van der Waals surface area contributed by atoms with Crippen molar-refractivity contribution in [1.82, 2.24) is 15.2 Å². The van der Waals surface area contributed by atoms with E-state index in [0.29, 0.717) is 32.7 Å². The van der Waals surface area contributed by atoms with Gasteiger partial charge in [0.25, 0.3) is 17.8 Å².